The van der Waals surface area contributed by atoms with Gasteiger partial charge in [0.05, 0.1) is 18.4 Å². The number of fused-ring (bicyclic) bond motifs is 2. The van der Waals surface area contributed by atoms with Crippen LogP contribution in [0.15, 0.2) is 97.5 Å². The zero-order chi connectivity index (χ0) is 81.1. The third-order valence-corrected chi connectivity index (χ3v) is 21.6. The number of aromatic nitrogens is 2. The van der Waals surface area contributed by atoms with E-state index in [1.165, 1.54) is 29.2 Å². The number of aliphatic carboxylic acids is 3. The molecule has 0 unspecified atom stereocenters. The molecule has 5 aromatic rings. The second-order valence-corrected chi connectivity index (χ2v) is 30.1. The number of imidazole rings is 1. The fourth-order valence-corrected chi connectivity index (χ4v) is 15.7. The number of nitrogens with zero attached hydrogens (tertiary/aromatic N) is 3. The molecule has 36 nitrogen and oxygen atoms in total. The Labute approximate surface area is 651 Å². The maximum atomic E-state index is 15.4. The standard InChI is InChI=1S/C74H96N18O18S2/c1-40-62(98)90-57(71(107)92-30-12-22-59(92)72(108)91-29-11-21-58(91)70(106)85-49(19-7-8-27-75)64(100)89-55(73(109)110)35-61(96)97)38-112-111-37-56(82-41(2)93)69(105)84-51(25-26-60(94)95)65(101)88-54(34-47-36-78-39-80-47)68(104)86-52(32-42-23-24-43-13-3-4-15-45(43)31-42)67(103)83-50(20-10-28-79-74(76)77)63(99)87-53(66(102)81-40)33-46-17-9-16-44-14-5-6-18-48(44)46/h3-6,9,13-18,23-24,31,36,39-40,49-59H,7-8,10-12,19-22,25-30,32-35,37-38,75H2,1-2H3,(H,78,80)(H,81,102)(H,82,93)(H,83,103)(H,84,105)(H,85,106)(H,86,104)(H,87,99)(H,88,101)(H,89,100)(H,90,98)(H,94,95)(H,96,97)(H,109,110)(H4,76,77,79)/t40-,49-,50-,51-,52+,53-,54-,55-,56-,57-,58-,59-/m0/s1. The number of hydrogen-bond acceptors (Lipinski definition) is 20. The van der Waals surface area contributed by atoms with Crippen molar-refractivity contribution in [3.63, 3.8) is 0 Å². The zero-order valence-corrected chi connectivity index (χ0v) is 63.4. The van der Waals surface area contributed by atoms with Crippen molar-refractivity contribution in [2.75, 3.05) is 37.7 Å². The lowest BCUT2D eigenvalue weighted by molar-refractivity contribution is -0.148. The van der Waals surface area contributed by atoms with Crippen LogP contribution in [0.3, 0.4) is 0 Å². The van der Waals surface area contributed by atoms with Crippen LogP contribution in [0.5, 0.6) is 0 Å². The first-order chi connectivity index (χ1) is 53.6. The summed E-state index contributed by atoms with van der Waals surface area (Å²) in [5.41, 5.74) is 12.7. The molecule has 0 radical (unpaired) electrons. The number of hydrogen-bond donors (Lipinski definition) is 18. The maximum absolute atomic E-state index is 15.4. The van der Waals surface area contributed by atoms with Crippen molar-refractivity contribution in [3.05, 3.63) is 114 Å². The van der Waals surface area contributed by atoms with Gasteiger partial charge in [0, 0.05) is 69.9 Å². The van der Waals surface area contributed by atoms with Gasteiger partial charge in [0.2, 0.25) is 70.9 Å². The average Bonchev–Trinajstić information content (AvgIpc) is 1.64. The maximum Gasteiger partial charge on any atom is 0.326 e. The molecule has 0 saturated carbocycles. The zero-order valence-electron chi connectivity index (χ0n) is 61.8. The predicted octanol–water partition coefficient (Wildman–Crippen LogP) is -1.17. The second-order valence-electron chi connectivity index (χ2n) is 27.5. The molecule has 3 aliphatic heterocycles. The molecule has 8 rings (SSSR count). The van der Waals surface area contributed by atoms with Gasteiger partial charge in [0.1, 0.15) is 72.5 Å². The number of rotatable bonds is 27. The number of unbranched alkanes of at least 4 members (excludes halogenated alkanes) is 1. The molecule has 38 heteroatoms. The highest BCUT2D eigenvalue weighted by Crippen LogP contribution is 2.30. The fraction of sp³-hybridized carbons (Fsp3) is 0.473. The van der Waals surface area contributed by atoms with Crippen molar-refractivity contribution in [1.29, 1.82) is 5.41 Å². The molecule has 0 spiro atoms. The molecular weight excluding hydrogens is 1490 g/mol. The van der Waals surface area contributed by atoms with Gasteiger partial charge in [-0.25, -0.2) is 9.78 Å². The van der Waals surface area contributed by atoms with Gasteiger partial charge in [0.15, 0.2) is 5.96 Å². The van der Waals surface area contributed by atoms with Crippen LogP contribution in [-0.2, 0) is 91.2 Å². The van der Waals surface area contributed by atoms with Crippen molar-refractivity contribution in [2.24, 2.45) is 11.5 Å². The first-order valence-electron chi connectivity index (χ1n) is 36.8. The van der Waals surface area contributed by atoms with Crippen LogP contribution in [0.1, 0.15) is 108 Å². The second kappa shape index (κ2) is 42.1. The molecule has 1 aromatic heterocycles. The minimum atomic E-state index is -1.85. The third-order valence-electron chi connectivity index (χ3n) is 19.2. The number of benzene rings is 4. The SMILES string of the molecule is CC(=O)N[C@H]1CSSC[C@@H](C(=O)N2CCC[C@H]2C(=O)N2CCC[C@H]2C(=O)N[C@@H](CCCCN)C(=O)N[C@@H](CC(=O)O)C(=O)O)NC(=O)[C@H](C)NC(=O)[C@H](Cc2cccc3ccccc23)NC(=O)[C@H](CCCNC(=N)N)NC(=O)[C@@H](Cc2ccc3ccccc3c2)NC(=O)[C@H](Cc2c[nH]cn2)NC(=O)[C@H](CCC(=O)O)NC1=O. The summed E-state index contributed by atoms with van der Waals surface area (Å²) in [7, 11) is 1.83. The first-order valence-corrected chi connectivity index (χ1v) is 39.3. The van der Waals surface area contributed by atoms with E-state index in [2.05, 4.69) is 68.5 Å². The van der Waals surface area contributed by atoms with Gasteiger partial charge in [-0.3, -0.25) is 72.5 Å². The lowest BCUT2D eigenvalue weighted by Gasteiger charge is -2.33. The first kappa shape index (κ1) is 86.2. The quantitative estimate of drug-likeness (QED) is 0.0127. The molecule has 4 heterocycles. The number of guanidine groups is 1. The number of amides is 12. The minimum Gasteiger partial charge on any atom is -0.481 e. The number of nitrogens with two attached hydrogens (primary N) is 2. The highest BCUT2D eigenvalue weighted by molar-refractivity contribution is 8.76. The van der Waals surface area contributed by atoms with E-state index in [0.29, 0.717) is 29.4 Å². The topological polar surface area (TPSA) is 560 Å². The monoisotopic (exact) mass is 1590 g/mol. The van der Waals surface area contributed by atoms with Gasteiger partial charge in [-0.05, 0) is 110 Å². The smallest absolute Gasteiger partial charge is 0.326 e. The molecule has 12 amide bonds. The highest BCUT2D eigenvalue weighted by atomic mass is 33.1. The summed E-state index contributed by atoms with van der Waals surface area (Å²) in [5, 5.41) is 68.7. The van der Waals surface area contributed by atoms with Crippen LogP contribution < -0.4 is 70.0 Å². The van der Waals surface area contributed by atoms with Crippen LogP contribution >= 0.6 is 21.6 Å². The van der Waals surface area contributed by atoms with Gasteiger partial charge in [0.25, 0.3) is 0 Å². The normalized spacial score (nSPS) is 22.6. The molecule has 602 valence electrons. The summed E-state index contributed by atoms with van der Waals surface area (Å²) in [6, 6.07) is 6.95. The number of nitrogens with one attached hydrogen (secondary N) is 13. The largest absolute Gasteiger partial charge is 0.481 e. The molecule has 20 N–H and O–H groups in total. The number of carbonyl (C=O) groups excluding carboxylic acids is 12. The van der Waals surface area contributed by atoms with Crippen molar-refractivity contribution in [3.8, 4) is 0 Å². The summed E-state index contributed by atoms with van der Waals surface area (Å²) in [4.78, 5) is 221. The number of aromatic amines is 1. The molecule has 0 bridgehead atoms. The Morgan fingerprint density at radius 2 is 1.21 bits per heavy atom. The van der Waals surface area contributed by atoms with Crippen LogP contribution in [0.2, 0.25) is 0 Å². The lowest BCUT2D eigenvalue weighted by Crippen LogP contribution is -2.61. The van der Waals surface area contributed by atoms with E-state index < -0.39 is 187 Å². The van der Waals surface area contributed by atoms with Crippen LogP contribution in [0.4, 0.5) is 0 Å². The van der Waals surface area contributed by atoms with E-state index in [4.69, 9.17) is 16.9 Å². The van der Waals surface area contributed by atoms with E-state index in [-0.39, 0.29) is 108 Å². The lowest BCUT2D eigenvalue weighted by atomic mass is 9.97. The summed E-state index contributed by atoms with van der Waals surface area (Å²) in [6.45, 7) is 2.61. The van der Waals surface area contributed by atoms with Crippen molar-refractivity contribution < 1.29 is 87.2 Å². The van der Waals surface area contributed by atoms with Crippen molar-refractivity contribution in [1.82, 2.24) is 78.3 Å². The van der Waals surface area contributed by atoms with E-state index in [1.54, 1.807) is 42.5 Å². The third kappa shape index (κ3) is 25.3. The Morgan fingerprint density at radius 1 is 0.616 bits per heavy atom. The number of likely N-dealkylation sites (tertiary alicyclic amines) is 2. The molecule has 12 atom stereocenters. The Hall–Kier alpha value is -11.4. The Balaban J connectivity index is 1.15. The molecule has 3 fully saturated rings. The molecular formula is C74H96N18O18S2. The summed E-state index contributed by atoms with van der Waals surface area (Å²) < 4.78 is 0. The van der Waals surface area contributed by atoms with Gasteiger partial charge in [-0.15, -0.1) is 0 Å². The number of H-pyrrole nitrogens is 1. The average molecular weight is 1590 g/mol. The number of carbonyl (C=O) groups is 15. The van der Waals surface area contributed by atoms with Crippen molar-refractivity contribution in [2.45, 2.75) is 183 Å². The number of carboxylic acids is 3. The van der Waals surface area contributed by atoms with Gasteiger partial charge >= 0.3 is 17.9 Å². The van der Waals surface area contributed by atoms with Crippen LogP contribution in [0, 0.1) is 5.41 Å². The Morgan fingerprint density at radius 3 is 1.87 bits per heavy atom. The van der Waals surface area contributed by atoms with E-state index in [0.717, 1.165) is 44.7 Å². The predicted molar refractivity (Wildman–Crippen MR) is 411 cm³/mol. The van der Waals surface area contributed by atoms with Gasteiger partial charge < -0.3 is 100 Å². The molecule has 4 aromatic carbocycles. The van der Waals surface area contributed by atoms with E-state index in [1.807, 2.05) is 42.5 Å². The molecule has 0 aliphatic carbocycles. The molecule has 3 aliphatic rings. The Bertz CT molecular complexity index is 4260. The van der Waals surface area contributed by atoms with E-state index >= 15 is 24.0 Å². The Kier molecular flexibility index (Phi) is 32.4. The number of carboxylic acid groups (broad SMARTS) is 3. The van der Waals surface area contributed by atoms with Crippen LogP contribution in [0.25, 0.3) is 21.5 Å². The van der Waals surface area contributed by atoms with Crippen LogP contribution in [-0.4, -0.2) is 240 Å². The van der Waals surface area contributed by atoms with Gasteiger partial charge in [-0.2, -0.15) is 0 Å². The summed E-state index contributed by atoms with van der Waals surface area (Å²) in [6.07, 6.45) is 0.936. The highest BCUT2D eigenvalue weighted by Gasteiger charge is 2.45. The van der Waals surface area contributed by atoms with Crippen molar-refractivity contribution >= 4 is 138 Å². The minimum absolute atomic E-state index is 0.0164. The molecule has 3 saturated heterocycles. The molecule has 112 heavy (non-hydrogen) atoms. The van der Waals surface area contributed by atoms with E-state index in [9.17, 15) is 63.3 Å². The summed E-state index contributed by atoms with van der Waals surface area (Å²) >= 11 is 0. The summed E-state index contributed by atoms with van der Waals surface area (Å²) in [5.74, 6) is -16.4. The van der Waals surface area contributed by atoms with Gasteiger partial charge in [-0.1, -0.05) is 107 Å². The fourth-order valence-electron chi connectivity index (χ4n) is 13.4.